The fraction of sp³-hybridized carbons (Fsp3) is 0.462. The first kappa shape index (κ1) is 13.2. The molecule has 0 aliphatic carbocycles. The predicted molar refractivity (Wildman–Crippen MR) is 70.3 cm³/mol. The van der Waals surface area contributed by atoms with Crippen LogP contribution in [0.5, 0.6) is 0 Å². The summed E-state index contributed by atoms with van der Waals surface area (Å²) in [5.74, 6) is 0.719. The van der Waals surface area contributed by atoms with E-state index in [4.69, 9.17) is 0 Å². The highest BCUT2D eigenvalue weighted by molar-refractivity contribution is 9.10. The highest BCUT2D eigenvalue weighted by Crippen LogP contribution is 2.16. The van der Waals surface area contributed by atoms with E-state index >= 15 is 0 Å². The zero-order valence-electron chi connectivity index (χ0n) is 9.79. The molecule has 2 nitrogen and oxygen atoms in total. The Bertz CT molecular complexity index is 350. The molecule has 1 aromatic carbocycles. The van der Waals surface area contributed by atoms with Gasteiger partial charge in [0.05, 0.1) is 6.42 Å². The van der Waals surface area contributed by atoms with Gasteiger partial charge in [0.15, 0.2) is 0 Å². The largest absolute Gasteiger partial charge is 0.356 e. The third-order valence-electron chi connectivity index (χ3n) is 2.35. The number of nitrogens with one attached hydrogen (secondary N) is 1. The lowest BCUT2D eigenvalue weighted by Crippen LogP contribution is -2.26. The van der Waals surface area contributed by atoms with Gasteiger partial charge in [-0.05, 0) is 24.0 Å². The van der Waals surface area contributed by atoms with Crippen LogP contribution < -0.4 is 5.32 Å². The third kappa shape index (κ3) is 4.79. The summed E-state index contributed by atoms with van der Waals surface area (Å²) in [5.41, 5.74) is 1.03. The summed E-state index contributed by atoms with van der Waals surface area (Å²) in [4.78, 5) is 11.6. The van der Waals surface area contributed by atoms with Crippen molar-refractivity contribution in [3.63, 3.8) is 0 Å². The minimum Gasteiger partial charge on any atom is -0.356 e. The van der Waals surface area contributed by atoms with Crippen molar-refractivity contribution in [1.29, 1.82) is 0 Å². The van der Waals surface area contributed by atoms with Crippen LogP contribution in [0.3, 0.4) is 0 Å². The Kier molecular flexibility index (Phi) is 5.53. The average Bonchev–Trinajstić information content (AvgIpc) is 2.21. The number of hydrogen-bond donors (Lipinski definition) is 1. The summed E-state index contributed by atoms with van der Waals surface area (Å²) in [6, 6.07) is 7.81. The van der Waals surface area contributed by atoms with E-state index < -0.39 is 0 Å². The Morgan fingerprint density at radius 1 is 1.38 bits per heavy atom. The van der Waals surface area contributed by atoms with E-state index in [1.54, 1.807) is 0 Å². The van der Waals surface area contributed by atoms with Crippen LogP contribution in [-0.2, 0) is 11.2 Å². The van der Waals surface area contributed by atoms with Crippen molar-refractivity contribution in [2.75, 3.05) is 6.54 Å². The quantitative estimate of drug-likeness (QED) is 0.884. The molecule has 0 unspecified atom stereocenters. The number of hydrogen-bond acceptors (Lipinski definition) is 1. The zero-order chi connectivity index (χ0) is 12.0. The molecule has 1 aromatic rings. The molecule has 0 saturated carbocycles. The molecule has 1 amide bonds. The van der Waals surface area contributed by atoms with Crippen molar-refractivity contribution in [3.05, 3.63) is 34.3 Å². The van der Waals surface area contributed by atoms with Gasteiger partial charge in [-0.15, -0.1) is 0 Å². The van der Waals surface area contributed by atoms with E-state index in [2.05, 4.69) is 35.1 Å². The summed E-state index contributed by atoms with van der Waals surface area (Å²) in [5, 5.41) is 2.93. The highest BCUT2D eigenvalue weighted by Gasteiger charge is 2.05. The Morgan fingerprint density at radius 3 is 2.69 bits per heavy atom. The van der Waals surface area contributed by atoms with Crippen molar-refractivity contribution in [2.24, 2.45) is 5.92 Å². The average molecular weight is 284 g/mol. The van der Waals surface area contributed by atoms with Gasteiger partial charge in [-0.3, -0.25) is 4.79 Å². The molecule has 0 fully saturated rings. The van der Waals surface area contributed by atoms with Gasteiger partial charge in [-0.1, -0.05) is 48.0 Å². The second kappa shape index (κ2) is 6.69. The van der Waals surface area contributed by atoms with Crippen molar-refractivity contribution in [3.8, 4) is 0 Å². The molecule has 16 heavy (non-hydrogen) atoms. The number of rotatable bonds is 5. The van der Waals surface area contributed by atoms with Crippen LogP contribution in [0.4, 0.5) is 0 Å². The van der Waals surface area contributed by atoms with Crippen LogP contribution in [0.2, 0.25) is 0 Å². The highest BCUT2D eigenvalue weighted by atomic mass is 79.9. The summed E-state index contributed by atoms with van der Waals surface area (Å²) >= 11 is 3.44. The van der Waals surface area contributed by atoms with Crippen LogP contribution in [0.1, 0.15) is 25.8 Å². The van der Waals surface area contributed by atoms with E-state index in [0.29, 0.717) is 12.3 Å². The third-order valence-corrected chi connectivity index (χ3v) is 3.13. The predicted octanol–water partition coefficient (Wildman–Crippen LogP) is 3.15. The lowest BCUT2D eigenvalue weighted by atomic mass is 10.1. The minimum atomic E-state index is 0.0903. The first-order valence-electron chi connectivity index (χ1n) is 5.59. The van der Waals surface area contributed by atoms with Gasteiger partial charge in [-0.25, -0.2) is 0 Å². The van der Waals surface area contributed by atoms with Crippen LogP contribution in [0.25, 0.3) is 0 Å². The van der Waals surface area contributed by atoms with Gasteiger partial charge in [0.2, 0.25) is 5.91 Å². The van der Waals surface area contributed by atoms with Gasteiger partial charge in [0.1, 0.15) is 0 Å². The lowest BCUT2D eigenvalue weighted by molar-refractivity contribution is -0.120. The topological polar surface area (TPSA) is 29.1 Å². The second-order valence-electron chi connectivity index (χ2n) is 4.30. The van der Waals surface area contributed by atoms with Crippen LogP contribution in [0, 0.1) is 5.92 Å². The molecule has 88 valence electrons. The van der Waals surface area contributed by atoms with Crippen molar-refractivity contribution in [2.45, 2.75) is 26.7 Å². The number of halogens is 1. The lowest BCUT2D eigenvalue weighted by Gasteiger charge is -2.08. The molecule has 0 aromatic heterocycles. The van der Waals surface area contributed by atoms with E-state index in [9.17, 15) is 4.79 Å². The molecule has 3 heteroatoms. The monoisotopic (exact) mass is 283 g/mol. The van der Waals surface area contributed by atoms with Gasteiger partial charge in [0, 0.05) is 11.0 Å². The smallest absolute Gasteiger partial charge is 0.224 e. The summed E-state index contributed by atoms with van der Waals surface area (Å²) in [6.45, 7) is 5.07. The summed E-state index contributed by atoms with van der Waals surface area (Å²) in [6.07, 6.45) is 1.47. The van der Waals surface area contributed by atoms with Crippen LogP contribution in [0.15, 0.2) is 28.7 Å². The molecule has 1 N–H and O–H groups in total. The van der Waals surface area contributed by atoms with Crippen LogP contribution >= 0.6 is 15.9 Å². The molecule has 0 radical (unpaired) electrons. The Morgan fingerprint density at radius 2 is 2.06 bits per heavy atom. The molecule has 1 rings (SSSR count). The molecule has 0 bridgehead atoms. The number of carbonyl (C=O) groups is 1. The molecule has 0 aliphatic heterocycles. The number of benzene rings is 1. The number of carbonyl (C=O) groups excluding carboxylic acids is 1. The van der Waals surface area contributed by atoms with Crippen molar-refractivity contribution >= 4 is 21.8 Å². The van der Waals surface area contributed by atoms with Crippen molar-refractivity contribution < 1.29 is 4.79 Å². The fourth-order valence-electron chi connectivity index (χ4n) is 1.38. The Hall–Kier alpha value is -0.830. The minimum absolute atomic E-state index is 0.0903. The summed E-state index contributed by atoms with van der Waals surface area (Å²) < 4.78 is 0.994. The molecule has 0 saturated heterocycles. The van der Waals surface area contributed by atoms with Crippen molar-refractivity contribution in [1.82, 2.24) is 5.32 Å². The molecular weight excluding hydrogens is 266 g/mol. The standard InChI is InChI=1S/C13H18BrNO/c1-10(2)7-8-15-13(16)9-11-5-3-4-6-12(11)14/h3-6,10H,7-9H2,1-2H3,(H,15,16). The Balaban J connectivity index is 2.37. The van der Waals surface area contributed by atoms with E-state index in [-0.39, 0.29) is 5.91 Å². The summed E-state index contributed by atoms with van der Waals surface area (Å²) in [7, 11) is 0. The van der Waals surface area contributed by atoms with Gasteiger partial charge >= 0.3 is 0 Å². The maximum absolute atomic E-state index is 11.6. The first-order chi connectivity index (χ1) is 7.59. The molecular formula is C13H18BrNO. The zero-order valence-corrected chi connectivity index (χ0v) is 11.4. The molecule has 0 heterocycles. The van der Waals surface area contributed by atoms with Crippen LogP contribution in [-0.4, -0.2) is 12.5 Å². The SMILES string of the molecule is CC(C)CCNC(=O)Cc1ccccc1Br. The molecule has 0 aliphatic rings. The van der Waals surface area contributed by atoms with Gasteiger partial charge in [0.25, 0.3) is 0 Å². The van der Waals surface area contributed by atoms with E-state index in [0.717, 1.165) is 23.0 Å². The number of amides is 1. The maximum Gasteiger partial charge on any atom is 0.224 e. The molecule has 0 atom stereocenters. The normalized spacial score (nSPS) is 10.5. The van der Waals surface area contributed by atoms with E-state index in [1.165, 1.54) is 0 Å². The second-order valence-corrected chi connectivity index (χ2v) is 5.15. The molecule has 0 spiro atoms. The Labute approximate surface area is 106 Å². The first-order valence-corrected chi connectivity index (χ1v) is 6.39. The fourth-order valence-corrected chi connectivity index (χ4v) is 1.80. The maximum atomic E-state index is 11.6. The van der Waals surface area contributed by atoms with Gasteiger partial charge < -0.3 is 5.32 Å². The van der Waals surface area contributed by atoms with Gasteiger partial charge in [-0.2, -0.15) is 0 Å². The van der Waals surface area contributed by atoms with E-state index in [1.807, 2.05) is 24.3 Å².